The van der Waals surface area contributed by atoms with Crippen LogP contribution in [0.2, 0.25) is 0 Å². The molecule has 4 rings (SSSR count). The van der Waals surface area contributed by atoms with Gasteiger partial charge in [0.1, 0.15) is 0 Å². The first-order valence-electron chi connectivity index (χ1n) is 9.08. The van der Waals surface area contributed by atoms with Crippen LogP contribution >= 0.6 is 0 Å². The number of aromatic hydroxyl groups is 1. The van der Waals surface area contributed by atoms with E-state index in [2.05, 4.69) is 0 Å². The quantitative estimate of drug-likeness (QED) is 0.764. The van der Waals surface area contributed by atoms with Crippen molar-refractivity contribution < 1.29 is 33.6 Å². The number of phenolic OH excluding ortho intramolecular Hbond substituents is 1. The molecule has 2 aliphatic rings. The summed E-state index contributed by atoms with van der Waals surface area (Å²) in [6, 6.07) is 9.27. The van der Waals surface area contributed by atoms with Crippen molar-refractivity contribution in [2.75, 3.05) is 27.6 Å². The lowest BCUT2D eigenvalue weighted by molar-refractivity contribution is -0.141. The highest BCUT2D eigenvalue weighted by Gasteiger charge is 2.37. The summed E-state index contributed by atoms with van der Waals surface area (Å²) in [4.78, 5) is 12.4. The fourth-order valence-electron chi connectivity index (χ4n) is 3.75. The Hall–Kier alpha value is -3.09. The van der Waals surface area contributed by atoms with E-state index in [1.54, 1.807) is 12.1 Å². The van der Waals surface area contributed by atoms with Gasteiger partial charge >= 0.3 is 5.97 Å². The Labute approximate surface area is 162 Å². The molecule has 1 N–H and O–H groups in total. The largest absolute Gasteiger partial charge is 0.502 e. The summed E-state index contributed by atoms with van der Waals surface area (Å²) in [7, 11) is 2.95. The third-order valence-electron chi connectivity index (χ3n) is 5.24. The van der Waals surface area contributed by atoms with Crippen molar-refractivity contribution in [2.24, 2.45) is 11.8 Å². The maximum absolute atomic E-state index is 12.4. The zero-order chi connectivity index (χ0) is 19.7. The van der Waals surface area contributed by atoms with Crippen molar-refractivity contribution in [3.05, 3.63) is 41.5 Å². The minimum atomic E-state index is -0.288. The first-order chi connectivity index (χ1) is 13.6. The second-order valence-corrected chi connectivity index (χ2v) is 6.94. The lowest BCUT2D eigenvalue weighted by Crippen LogP contribution is -2.20. The van der Waals surface area contributed by atoms with Gasteiger partial charge in [0, 0.05) is 5.92 Å². The molecule has 2 heterocycles. The lowest BCUT2D eigenvalue weighted by atomic mass is 9.85. The highest BCUT2D eigenvalue weighted by molar-refractivity contribution is 5.75. The van der Waals surface area contributed by atoms with Gasteiger partial charge in [-0.3, -0.25) is 4.79 Å². The summed E-state index contributed by atoms with van der Waals surface area (Å²) in [5.74, 6) is 1.58. The molecule has 0 spiro atoms. The molecule has 0 bridgehead atoms. The number of esters is 1. The van der Waals surface area contributed by atoms with Crippen molar-refractivity contribution in [1.29, 1.82) is 0 Å². The first-order valence-corrected chi connectivity index (χ1v) is 9.08. The molecule has 1 fully saturated rings. The van der Waals surface area contributed by atoms with Gasteiger partial charge in [-0.25, -0.2) is 0 Å². The number of cyclic esters (lactones) is 1. The average Bonchev–Trinajstić information content (AvgIpc) is 3.30. The fourth-order valence-corrected chi connectivity index (χ4v) is 3.75. The van der Waals surface area contributed by atoms with Crippen LogP contribution in [-0.4, -0.2) is 38.7 Å². The molecule has 1 saturated heterocycles. The van der Waals surface area contributed by atoms with Crippen LogP contribution in [0.25, 0.3) is 0 Å². The SMILES string of the molecule is COc1cc(C[C@@H]2C(=O)OC[C@H]2Cc2ccc3c(c2)OCO3)cc(OC)c1O. The summed E-state index contributed by atoms with van der Waals surface area (Å²) in [5.41, 5.74) is 1.91. The minimum absolute atomic E-state index is 0.0404. The van der Waals surface area contributed by atoms with Gasteiger partial charge in [-0.1, -0.05) is 6.07 Å². The Morgan fingerprint density at radius 3 is 2.39 bits per heavy atom. The van der Waals surface area contributed by atoms with Crippen molar-refractivity contribution in [2.45, 2.75) is 12.8 Å². The van der Waals surface area contributed by atoms with E-state index < -0.39 is 0 Å². The molecule has 2 aromatic rings. The van der Waals surface area contributed by atoms with Gasteiger partial charge in [0.25, 0.3) is 0 Å². The predicted molar refractivity (Wildman–Crippen MR) is 99.1 cm³/mol. The van der Waals surface area contributed by atoms with Crippen LogP contribution < -0.4 is 18.9 Å². The topological polar surface area (TPSA) is 83.5 Å². The van der Waals surface area contributed by atoms with Crippen LogP contribution in [0.1, 0.15) is 11.1 Å². The van der Waals surface area contributed by atoms with Crippen LogP contribution in [0.3, 0.4) is 0 Å². The summed E-state index contributed by atoms with van der Waals surface area (Å²) in [6.45, 7) is 0.612. The number of rotatable bonds is 6. The van der Waals surface area contributed by atoms with Gasteiger partial charge in [0.2, 0.25) is 12.5 Å². The van der Waals surface area contributed by atoms with Gasteiger partial charge in [0.15, 0.2) is 23.0 Å². The summed E-state index contributed by atoms with van der Waals surface area (Å²) in [5, 5.41) is 10.1. The van der Waals surface area contributed by atoms with Crippen LogP contribution in [-0.2, 0) is 22.4 Å². The molecular weight excluding hydrogens is 364 g/mol. The molecule has 7 nitrogen and oxygen atoms in total. The van der Waals surface area contributed by atoms with Crippen molar-refractivity contribution in [3.8, 4) is 28.7 Å². The number of fused-ring (bicyclic) bond motifs is 1. The minimum Gasteiger partial charge on any atom is -0.502 e. The number of hydrogen-bond acceptors (Lipinski definition) is 7. The molecule has 0 saturated carbocycles. The Kier molecular flexibility index (Phi) is 4.90. The second kappa shape index (κ2) is 7.50. The third kappa shape index (κ3) is 3.40. The van der Waals surface area contributed by atoms with Gasteiger partial charge in [0.05, 0.1) is 26.7 Å². The van der Waals surface area contributed by atoms with E-state index in [0.29, 0.717) is 30.9 Å². The molecule has 148 valence electrons. The number of phenols is 1. The summed E-state index contributed by atoms with van der Waals surface area (Å²) >= 11 is 0. The number of benzene rings is 2. The zero-order valence-corrected chi connectivity index (χ0v) is 15.8. The second-order valence-electron chi connectivity index (χ2n) is 6.94. The maximum Gasteiger partial charge on any atom is 0.309 e. The standard InChI is InChI=1S/C21H22O7/c1-24-18-8-13(9-19(25-2)20(18)22)6-15-14(10-26-21(15)23)5-12-3-4-16-17(7-12)28-11-27-16/h3-4,7-9,14-15,22H,5-6,10-11H2,1-2H3/t14-,15+/m1/s1. The van der Waals surface area contributed by atoms with Crippen LogP contribution in [0.15, 0.2) is 30.3 Å². The van der Waals surface area contributed by atoms with Gasteiger partial charge < -0.3 is 28.8 Å². The molecule has 7 heteroatoms. The molecule has 28 heavy (non-hydrogen) atoms. The van der Waals surface area contributed by atoms with Crippen LogP contribution in [0, 0.1) is 11.8 Å². The summed E-state index contributed by atoms with van der Waals surface area (Å²) < 4.78 is 26.6. The van der Waals surface area contributed by atoms with Gasteiger partial charge in [-0.05, 0) is 48.2 Å². The average molecular weight is 386 g/mol. The molecule has 2 aromatic carbocycles. The van der Waals surface area contributed by atoms with Crippen LogP contribution in [0.4, 0.5) is 0 Å². The Bertz CT molecular complexity index is 867. The third-order valence-corrected chi connectivity index (χ3v) is 5.24. The predicted octanol–water partition coefficient (Wildman–Crippen LogP) is 2.71. The smallest absolute Gasteiger partial charge is 0.309 e. The van der Waals surface area contributed by atoms with Gasteiger partial charge in [-0.2, -0.15) is 0 Å². The molecule has 2 atom stereocenters. The van der Waals surface area contributed by atoms with E-state index in [1.807, 2.05) is 18.2 Å². The molecular formula is C21H22O7. The van der Waals surface area contributed by atoms with Crippen molar-refractivity contribution in [3.63, 3.8) is 0 Å². The van der Waals surface area contributed by atoms with Crippen molar-refractivity contribution in [1.82, 2.24) is 0 Å². The molecule has 0 amide bonds. The van der Waals surface area contributed by atoms with E-state index in [-0.39, 0.29) is 30.3 Å². The van der Waals surface area contributed by atoms with E-state index in [9.17, 15) is 9.90 Å². The number of methoxy groups -OCH3 is 2. The molecule has 0 aliphatic carbocycles. The van der Waals surface area contributed by atoms with Gasteiger partial charge in [-0.15, -0.1) is 0 Å². The highest BCUT2D eigenvalue weighted by Crippen LogP contribution is 2.39. The Morgan fingerprint density at radius 1 is 0.964 bits per heavy atom. The molecule has 0 aromatic heterocycles. The van der Waals surface area contributed by atoms with E-state index in [4.69, 9.17) is 23.7 Å². The Balaban J connectivity index is 1.54. The number of carbonyl (C=O) groups is 1. The maximum atomic E-state index is 12.4. The van der Waals surface area contributed by atoms with E-state index >= 15 is 0 Å². The monoisotopic (exact) mass is 386 g/mol. The summed E-state index contributed by atoms with van der Waals surface area (Å²) in [6.07, 6.45) is 1.17. The molecule has 0 unspecified atom stereocenters. The highest BCUT2D eigenvalue weighted by atomic mass is 16.7. The fraction of sp³-hybridized carbons (Fsp3) is 0.381. The lowest BCUT2D eigenvalue weighted by Gasteiger charge is -2.17. The van der Waals surface area contributed by atoms with E-state index in [1.165, 1.54) is 14.2 Å². The van der Waals surface area contributed by atoms with Crippen LogP contribution in [0.5, 0.6) is 28.7 Å². The van der Waals surface area contributed by atoms with E-state index in [0.717, 1.165) is 22.6 Å². The normalized spacial score (nSPS) is 20.1. The number of ether oxygens (including phenoxy) is 5. The molecule has 0 radical (unpaired) electrons. The molecule has 2 aliphatic heterocycles. The zero-order valence-electron chi connectivity index (χ0n) is 15.8. The first kappa shape index (κ1) is 18.3. The number of carbonyl (C=O) groups excluding carboxylic acids is 1. The Morgan fingerprint density at radius 2 is 1.68 bits per heavy atom. The number of hydrogen-bond donors (Lipinski definition) is 1. The van der Waals surface area contributed by atoms with Crippen molar-refractivity contribution >= 4 is 5.97 Å².